The van der Waals surface area contributed by atoms with Crippen molar-refractivity contribution in [2.24, 2.45) is 17.6 Å². The van der Waals surface area contributed by atoms with Crippen LogP contribution in [-0.4, -0.2) is 18.5 Å². The van der Waals surface area contributed by atoms with Crippen LogP contribution in [0.4, 0.5) is 0 Å². The fraction of sp³-hybridized carbons (Fsp3) is 0.632. The Balaban J connectivity index is 1.49. The minimum absolute atomic E-state index is 0.164. The Morgan fingerprint density at radius 3 is 2.45 bits per heavy atom. The van der Waals surface area contributed by atoms with E-state index in [1.54, 1.807) is 0 Å². The molecule has 2 atom stereocenters. The lowest BCUT2D eigenvalue weighted by Crippen LogP contribution is -2.42. The Kier molecular flexibility index (Phi) is 5.14. The van der Waals surface area contributed by atoms with E-state index in [0.717, 1.165) is 32.1 Å². The monoisotopic (exact) mass is 300 g/mol. The Morgan fingerprint density at radius 2 is 1.77 bits per heavy atom. The molecular formula is C19H28N2O. The highest BCUT2D eigenvalue weighted by Gasteiger charge is 2.33. The van der Waals surface area contributed by atoms with E-state index in [1.165, 1.54) is 18.4 Å². The van der Waals surface area contributed by atoms with E-state index >= 15 is 0 Å². The standard InChI is InChI=1S/C19H28N2O/c20-13-16-7-4-8-18(16)19(22)21-17-11-9-15(10-12-17)14-5-2-1-3-6-14/h1-3,5-6,15-18H,4,7-13,20H2,(H,21,22)/t15?,16-,17?,18-/m1/s1. The third kappa shape index (κ3) is 3.52. The molecule has 0 radical (unpaired) electrons. The summed E-state index contributed by atoms with van der Waals surface area (Å²) in [5, 5.41) is 3.30. The molecule has 0 aliphatic heterocycles. The molecule has 3 nitrogen and oxygen atoms in total. The SMILES string of the molecule is NC[C@H]1CCC[C@H]1C(=O)NC1CCC(c2ccccc2)CC1. The molecule has 3 N–H and O–H groups in total. The molecule has 1 amide bonds. The van der Waals surface area contributed by atoms with Gasteiger partial charge in [-0.05, 0) is 62.5 Å². The smallest absolute Gasteiger partial charge is 0.223 e. The van der Waals surface area contributed by atoms with Gasteiger partial charge in [0, 0.05) is 12.0 Å². The van der Waals surface area contributed by atoms with E-state index in [9.17, 15) is 4.79 Å². The van der Waals surface area contributed by atoms with Gasteiger partial charge in [-0.3, -0.25) is 4.79 Å². The van der Waals surface area contributed by atoms with E-state index in [4.69, 9.17) is 5.73 Å². The molecule has 0 saturated heterocycles. The predicted molar refractivity (Wildman–Crippen MR) is 89.5 cm³/mol. The number of nitrogens with two attached hydrogens (primary N) is 1. The molecule has 0 spiro atoms. The molecule has 1 aromatic carbocycles. The summed E-state index contributed by atoms with van der Waals surface area (Å²) in [7, 11) is 0. The second-order valence-electron chi connectivity index (χ2n) is 7.00. The fourth-order valence-electron chi connectivity index (χ4n) is 4.27. The first-order chi connectivity index (χ1) is 10.8. The quantitative estimate of drug-likeness (QED) is 0.897. The van der Waals surface area contributed by atoms with Crippen molar-refractivity contribution in [3.05, 3.63) is 35.9 Å². The van der Waals surface area contributed by atoms with Crippen LogP contribution in [0.5, 0.6) is 0 Å². The highest BCUT2D eigenvalue weighted by Crippen LogP contribution is 2.34. The zero-order valence-electron chi connectivity index (χ0n) is 13.3. The maximum absolute atomic E-state index is 12.5. The largest absolute Gasteiger partial charge is 0.353 e. The van der Waals surface area contributed by atoms with Crippen LogP contribution >= 0.6 is 0 Å². The molecule has 22 heavy (non-hydrogen) atoms. The zero-order chi connectivity index (χ0) is 15.4. The van der Waals surface area contributed by atoms with Crippen molar-refractivity contribution in [2.75, 3.05) is 6.54 Å². The molecule has 2 aliphatic carbocycles. The number of hydrogen-bond donors (Lipinski definition) is 2. The number of benzene rings is 1. The van der Waals surface area contributed by atoms with Crippen molar-refractivity contribution in [2.45, 2.75) is 56.9 Å². The number of amides is 1. The average Bonchev–Trinajstić information content (AvgIpc) is 3.05. The Labute approximate surface area is 133 Å². The first-order valence-corrected chi connectivity index (χ1v) is 8.83. The summed E-state index contributed by atoms with van der Waals surface area (Å²) in [4.78, 5) is 12.5. The van der Waals surface area contributed by atoms with Crippen LogP contribution < -0.4 is 11.1 Å². The first-order valence-electron chi connectivity index (χ1n) is 8.83. The summed E-state index contributed by atoms with van der Waals surface area (Å²) in [5.41, 5.74) is 7.25. The normalized spacial score (nSPS) is 31.9. The van der Waals surface area contributed by atoms with Crippen molar-refractivity contribution in [3.8, 4) is 0 Å². The molecule has 0 bridgehead atoms. The molecule has 2 aliphatic rings. The van der Waals surface area contributed by atoms with E-state index in [-0.39, 0.29) is 11.8 Å². The van der Waals surface area contributed by atoms with Crippen LogP contribution in [0.1, 0.15) is 56.4 Å². The third-order valence-corrected chi connectivity index (χ3v) is 5.64. The molecular weight excluding hydrogens is 272 g/mol. The molecule has 3 heteroatoms. The second-order valence-corrected chi connectivity index (χ2v) is 7.00. The second kappa shape index (κ2) is 7.28. The van der Waals surface area contributed by atoms with Gasteiger partial charge in [0.25, 0.3) is 0 Å². The minimum atomic E-state index is 0.164. The van der Waals surface area contributed by atoms with Gasteiger partial charge in [-0.15, -0.1) is 0 Å². The molecule has 2 fully saturated rings. The summed E-state index contributed by atoms with van der Waals surface area (Å²) in [6.45, 7) is 0.652. The number of rotatable bonds is 4. The van der Waals surface area contributed by atoms with Crippen molar-refractivity contribution in [3.63, 3.8) is 0 Å². The molecule has 1 aromatic rings. The lowest BCUT2D eigenvalue weighted by Gasteiger charge is -2.30. The summed E-state index contributed by atoms with van der Waals surface area (Å²) in [6.07, 6.45) is 7.86. The van der Waals surface area contributed by atoms with Gasteiger partial charge in [-0.2, -0.15) is 0 Å². The number of carbonyl (C=O) groups excluding carboxylic acids is 1. The number of hydrogen-bond acceptors (Lipinski definition) is 2. The predicted octanol–water partition coefficient (Wildman–Crippen LogP) is 3.20. The fourth-order valence-corrected chi connectivity index (χ4v) is 4.27. The third-order valence-electron chi connectivity index (χ3n) is 5.64. The maximum Gasteiger partial charge on any atom is 0.223 e. The van der Waals surface area contributed by atoms with Crippen molar-refractivity contribution >= 4 is 5.91 Å². The topological polar surface area (TPSA) is 55.1 Å². The molecule has 0 unspecified atom stereocenters. The Bertz CT molecular complexity index is 479. The Morgan fingerprint density at radius 1 is 1.05 bits per heavy atom. The lowest BCUT2D eigenvalue weighted by atomic mass is 9.81. The van der Waals surface area contributed by atoms with Crippen LogP contribution in [0.2, 0.25) is 0 Å². The van der Waals surface area contributed by atoms with Crippen LogP contribution in [-0.2, 0) is 4.79 Å². The summed E-state index contributed by atoms with van der Waals surface area (Å²) in [5.74, 6) is 1.49. The molecule has 2 saturated carbocycles. The molecule has 0 aromatic heterocycles. The highest BCUT2D eigenvalue weighted by atomic mass is 16.2. The van der Waals surface area contributed by atoms with Gasteiger partial charge < -0.3 is 11.1 Å². The van der Waals surface area contributed by atoms with E-state index in [2.05, 4.69) is 35.6 Å². The van der Waals surface area contributed by atoms with Gasteiger partial charge in [0.15, 0.2) is 0 Å². The van der Waals surface area contributed by atoms with E-state index < -0.39 is 0 Å². The summed E-state index contributed by atoms with van der Waals surface area (Å²) >= 11 is 0. The average molecular weight is 300 g/mol. The summed E-state index contributed by atoms with van der Waals surface area (Å²) in [6, 6.07) is 11.1. The molecule has 0 heterocycles. The van der Waals surface area contributed by atoms with Gasteiger partial charge in [0.1, 0.15) is 0 Å². The van der Waals surface area contributed by atoms with Crippen LogP contribution in [0.3, 0.4) is 0 Å². The highest BCUT2D eigenvalue weighted by molar-refractivity contribution is 5.79. The van der Waals surface area contributed by atoms with E-state index in [0.29, 0.717) is 24.4 Å². The lowest BCUT2D eigenvalue weighted by molar-refractivity contribution is -0.126. The van der Waals surface area contributed by atoms with Crippen molar-refractivity contribution in [1.82, 2.24) is 5.32 Å². The minimum Gasteiger partial charge on any atom is -0.353 e. The first kappa shape index (κ1) is 15.5. The Hall–Kier alpha value is -1.35. The van der Waals surface area contributed by atoms with Gasteiger partial charge in [-0.25, -0.2) is 0 Å². The number of nitrogens with one attached hydrogen (secondary N) is 1. The van der Waals surface area contributed by atoms with Crippen molar-refractivity contribution in [1.29, 1.82) is 0 Å². The molecule has 120 valence electrons. The van der Waals surface area contributed by atoms with Gasteiger partial charge in [0.05, 0.1) is 0 Å². The van der Waals surface area contributed by atoms with Gasteiger partial charge in [0.2, 0.25) is 5.91 Å². The molecule has 3 rings (SSSR count). The van der Waals surface area contributed by atoms with E-state index in [1.807, 2.05) is 0 Å². The van der Waals surface area contributed by atoms with Crippen molar-refractivity contribution < 1.29 is 4.79 Å². The summed E-state index contributed by atoms with van der Waals surface area (Å²) < 4.78 is 0. The number of carbonyl (C=O) groups is 1. The zero-order valence-corrected chi connectivity index (χ0v) is 13.3. The van der Waals surface area contributed by atoms with Gasteiger partial charge in [-0.1, -0.05) is 36.8 Å². The van der Waals surface area contributed by atoms with Crippen LogP contribution in [0.25, 0.3) is 0 Å². The van der Waals surface area contributed by atoms with Crippen LogP contribution in [0.15, 0.2) is 30.3 Å². The van der Waals surface area contributed by atoms with Gasteiger partial charge >= 0.3 is 0 Å². The maximum atomic E-state index is 12.5. The van der Waals surface area contributed by atoms with Crippen LogP contribution in [0, 0.1) is 11.8 Å².